The van der Waals surface area contributed by atoms with E-state index in [1.165, 1.54) is 57.8 Å². The van der Waals surface area contributed by atoms with E-state index in [9.17, 15) is 0 Å². The third kappa shape index (κ3) is 4.57. The number of hydrogen-bond acceptors (Lipinski definition) is 0. The molecule has 0 nitrogen and oxygen atoms in total. The van der Waals surface area contributed by atoms with Crippen molar-refractivity contribution < 1.29 is 0 Å². The van der Waals surface area contributed by atoms with Crippen LogP contribution in [-0.2, 0) is 0 Å². The van der Waals surface area contributed by atoms with E-state index in [-0.39, 0.29) is 0 Å². The average molecular weight is 210 g/mol. The Bertz CT molecular complexity index is 150. The molecule has 0 heterocycles. The van der Waals surface area contributed by atoms with Gasteiger partial charge in [0.05, 0.1) is 0 Å². The van der Waals surface area contributed by atoms with E-state index in [2.05, 4.69) is 20.8 Å². The van der Waals surface area contributed by atoms with E-state index < -0.39 is 0 Å². The highest BCUT2D eigenvalue weighted by atomic mass is 14.3. The molecule has 0 aromatic carbocycles. The Balaban J connectivity index is 2.14. The Morgan fingerprint density at radius 1 is 1.00 bits per heavy atom. The van der Waals surface area contributed by atoms with E-state index in [1.54, 1.807) is 0 Å². The van der Waals surface area contributed by atoms with Gasteiger partial charge in [-0.3, -0.25) is 0 Å². The molecule has 90 valence electrons. The van der Waals surface area contributed by atoms with Crippen molar-refractivity contribution in [1.82, 2.24) is 0 Å². The normalized spacial score (nSPS) is 31.8. The van der Waals surface area contributed by atoms with Crippen molar-refractivity contribution in [3.8, 4) is 0 Å². The van der Waals surface area contributed by atoms with E-state index >= 15 is 0 Å². The van der Waals surface area contributed by atoms with Gasteiger partial charge in [0, 0.05) is 0 Å². The van der Waals surface area contributed by atoms with E-state index in [0.29, 0.717) is 0 Å². The zero-order valence-corrected chi connectivity index (χ0v) is 11.1. The molecule has 0 saturated heterocycles. The average Bonchev–Trinajstić information content (AvgIpc) is 2.26. The summed E-state index contributed by atoms with van der Waals surface area (Å²) in [5.74, 6) is 3.11. The van der Waals surface area contributed by atoms with Gasteiger partial charge in [0.2, 0.25) is 0 Å². The minimum atomic E-state index is 1.00. The highest BCUT2D eigenvalue weighted by molar-refractivity contribution is 4.77. The maximum atomic E-state index is 2.46. The molecule has 1 saturated carbocycles. The Morgan fingerprint density at radius 2 is 1.80 bits per heavy atom. The lowest BCUT2D eigenvalue weighted by Gasteiger charge is -2.33. The van der Waals surface area contributed by atoms with Crippen molar-refractivity contribution in [1.29, 1.82) is 0 Å². The van der Waals surface area contributed by atoms with Gasteiger partial charge in [-0.05, 0) is 24.2 Å². The molecular weight excluding hydrogens is 180 g/mol. The van der Waals surface area contributed by atoms with Crippen molar-refractivity contribution in [2.45, 2.75) is 78.6 Å². The van der Waals surface area contributed by atoms with Crippen molar-refractivity contribution >= 4 is 0 Å². The molecule has 1 aliphatic carbocycles. The molecule has 0 aromatic rings. The predicted molar refractivity (Wildman–Crippen MR) is 69.0 cm³/mol. The summed E-state index contributed by atoms with van der Waals surface area (Å²) in [6.07, 6.45) is 13.3. The molecule has 0 heteroatoms. The van der Waals surface area contributed by atoms with Crippen LogP contribution in [0, 0.1) is 17.8 Å². The van der Waals surface area contributed by atoms with Crippen LogP contribution in [0.3, 0.4) is 0 Å². The fraction of sp³-hybridized carbons (Fsp3) is 1.00. The summed E-state index contributed by atoms with van der Waals surface area (Å²) in [5, 5.41) is 0. The molecule has 0 aliphatic heterocycles. The quantitative estimate of drug-likeness (QED) is 0.514. The lowest BCUT2D eigenvalue weighted by molar-refractivity contribution is 0.178. The van der Waals surface area contributed by atoms with E-state index in [1.807, 2.05) is 0 Å². The largest absolute Gasteiger partial charge is 0.0654 e. The van der Waals surface area contributed by atoms with Crippen LogP contribution < -0.4 is 0 Å². The standard InChI is InChI=1S/C15H30/c1-4-6-7-8-9-14-11-10-13(3)15(5-2)12-14/h13-15H,4-12H2,1-3H3. The second-order valence-corrected chi connectivity index (χ2v) is 5.67. The molecule has 1 aliphatic rings. The molecule has 0 spiro atoms. The predicted octanol–water partition coefficient (Wildman–Crippen LogP) is 5.42. The molecule has 0 aromatic heterocycles. The van der Waals surface area contributed by atoms with Crippen molar-refractivity contribution in [2.24, 2.45) is 17.8 Å². The highest BCUT2D eigenvalue weighted by Gasteiger charge is 2.25. The molecule has 0 amide bonds. The Hall–Kier alpha value is 0. The van der Waals surface area contributed by atoms with Crippen LogP contribution in [-0.4, -0.2) is 0 Å². The van der Waals surface area contributed by atoms with Gasteiger partial charge in [0.15, 0.2) is 0 Å². The van der Waals surface area contributed by atoms with Gasteiger partial charge in [-0.25, -0.2) is 0 Å². The summed E-state index contributed by atoms with van der Waals surface area (Å²) in [6, 6.07) is 0. The minimum absolute atomic E-state index is 1.00. The molecule has 0 radical (unpaired) electrons. The Kier molecular flexibility index (Phi) is 6.36. The second-order valence-electron chi connectivity index (χ2n) is 5.67. The van der Waals surface area contributed by atoms with Crippen LogP contribution in [0.2, 0.25) is 0 Å². The lowest BCUT2D eigenvalue weighted by Crippen LogP contribution is -2.22. The van der Waals surface area contributed by atoms with Crippen molar-refractivity contribution in [2.75, 3.05) is 0 Å². The SMILES string of the molecule is CCCCCCC1CCC(C)C(CC)C1. The zero-order chi connectivity index (χ0) is 11.1. The minimum Gasteiger partial charge on any atom is -0.0654 e. The molecular formula is C15H30. The number of unbranched alkanes of at least 4 members (excludes halogenated alkanes) is 3. The molecule has 3 atom stereocenters. The van der Waals surface area contributed by atoms with Gasteiger partial charge in [0.25, 0.3) is 0 Å². The first-order valence-electron chi connectivity index (χ1n) is 7.27. The summed E-state index contributed by atoms with van der Waals surface area (Å²) in [5.41, 5.74) is 0. The number of hydrogen-bond donors (Lipinski definition) is 0. The van der Waals surface area contributed by atoms with Gasteiger partial charge in [-0.1, -0.05) is 72.1 Å². The third-order valence-electron chi connectivity index (χ3n) is 4.46. The zero-order valence-electron chi connectivity index (χ0n) is 11.1. The van der Waals surface area contributed by atoms with E-state index in [0.717, 1.165) is 17.8 Å². The van der Waals surface area contributed by atoms with Crippen molar-refractivity contribution in [3.63, 3.8) is 0 Å². The summed E-state index contributed by atoms with van der Waals surface area (Å²) in [4.78, 5) is 0. The molecule has 1 rings (SSSR count). The fourth-order valence-electron chi connectivity index (χ4n) is 3.20. The molecule has 1 fully saturated rings. The smallest absolute Gasteiger partial charge is 0.0388 e. The topological polar surface area (TPSA) is 0 Å². The maximum absolute atomic E-state index is 2.46. The maximum Gasteiger partial charge on any atom is -0.0388 e. The van der Waals surface area contributed by atoms with E-state index in [4.69, 9.17) is 0 Å². The van der Waals surface area contributed by atoms with Gasteiger partial charge < -0.3 is 0 Å². The second kappa shape index (κ2) is 7.30. The lowest BCUT2D eigenvalue weighted by atomic mass is 9.72. The summed E-state index contributed by atoms with van der Waals surface area (Å²) < 4.78 is 0. The first-order valence-corrected chi connectivity index (χ1v) is 7.27. The third-order valence-corrected chi connectivity index (χ3v) is 4.46. The van der Waals surface area contributed by atoms with Crippen LogP contribution in [0.1, 0.15) is 78.6 Å². The van der Waals surface area contributed by atoms with Crippen LogP contribution >= 0.6 is 0 Å². The van der Waals surface area contributed by atoms with Crippen LogP contribution in [0.15, 0.2) is 0 Å². The Labute approximate surface area is 96.8 Å². The summed E-state index contributed by atoms with van der Waals surface area (Å²) >= 11 is 0. The summed E-state index contributed by atoms with van der Waals surface area (Å²) in [7, 11) is 0. The molecule has 0 bridgehead atoms. The molecule has 3 unspecified atom stereocenters. The fourth-order valence-corrected chi connectivity index (χ4v) is 3.20. The summed E-state index contributed by atoms with van der Waals surface area (Å²) in [6.45, 7) is 7.14. The monoisotopic (exact) mass is 210 g/mol. The Morgan fingerprint density at radius 3 is 2.47 bits per heavy atom. The van der Waals surface area contributed by atoms with Gasteiger partial charge in [0.1, 0.15) is 0 Å². The van der Waals surface area contributed by atoms with Crippen molar-refractivity contribution in [3.05, 3.63) is 0 Å². The van der Waals surface area contributed by atoms with Crippen LogP contribution in [0.5, 0.6) is 0 Å². The van der Waals surface area contributed by atoms with Crippen LogP contribution in [0.25, 0.3) is 0 Å². The van der Waals surface area contributed by atoms with Crippen LogP contribution in [0.4, 0.5) is 0 Å². The first-order chi connectivity index (χ1) is 7.27. The molecule has 15 heavy (non-hydrogen) atoms. The number of rotatable bonds is 6. The highest BCUT2D eigenvalue weighted by Crippen LogP contribution is 2.37. The first kappa shape index (κ1) is 13.1. The molecule has 0 N–H and O–H groups in total. The van der Waals surface area contributed by atoms with Gasteiger partial charge in [-0.2, -0.15) is 0 Å². The van der Waals surface area contributed by atoms with Gasteiger partial charge in [-0.15, -0.1) is 0 Å². The van der Waals surface area contributed by atoms with Gasteiger partial charge >= 0.3 is 0 Å².